The zero-order valence-corrected chi connectivity index (χ0v) is 12.9. The summed E-state index contributed by atoms with van der Waals surface area (Å²) >= 11 is 0. The van der Waals surface area contributed by atoms with Gasteiger partial charge in [0.25, 0.3) is 0 Å². The Morgan fingerprint density at radius 1 is 1.30 bits per heavy atom. The topological polar surface area (TPSA) is 33.1 Å². The van der Waals surface area contributed by atoms with Gasteiger partial charge in [0.1, 0.15) is 0 Å². The molecule has 0 bridgehead atoms. The van der Waals surface area contributed by atoms with Crippen LogP contribution in [0.5, 0.6) is 0 Å². The standard InChI is InChI=1S/C16H28N4/c1-3-20-9-7-13(8-10-20)11-17-15-5-4-6-16-14(15)12-18-19(16)2/h12-13,15,17H,3-11H2,1-2H3. The van der Waals surface area contributed by atoms with Crippen LogP contribution in [0.15, 0.2) is 6.20 Å². The van der Waals surface area contributed by atoms with Crippen LogP contribution in [0.2, 0.25) is 0 Å². The van der Waals surface area contributed by atoms with Crippen molar-refractivity contribution in [3.8, 4) is 0 Å². The van der Waals surface area contributed by atoms with Gasteiger partial charge in [-0.1, -0.05) is 6.92 Å². The van der Waals surface area contributed by atoms with Crippen molar-refractivity contribution in [2.45, 2.75) is 45.1 Å². The lowest BCUT2D eigenvalue weighted by molar-refractivity contribution is 0.186. The summed E-state index contributed by atoms with van der Waals surface area (Å²) in [5.74, 6) is 0.861. The fraction of sp³-hybridized carbons (Fsp3) is 0.812. The highest BCUT2D eigenvalue weighted by molar-refractivity contribution is 5.24. The van der Waals surface area contributed by atoms with Crippen molar-refractivity contribution in [1.82, 2.24) is 20.0 Å². The number of hydrogen-bond donors (Lipinski definition) is 1. The van der Waals surface area contributed by atoms with Gasteiger partial charge in [-0.2, -0.15) is 5.10 Å². The van der Waals surface area contributed by atoms with Gasteiger partial charge in [0.15, 0.2) is 0 Å². The summed E-state index contributed by atoms with van der Waals surface area (Å²) < 4.78 is 2.06. The Morgan fingerprint density at radius 3 is 2.85 bits per heavy atom. The Labute approximate surface area is 122 Å². The minimum Gasteiger partial charge on any atom is -0.310 e. The molecule has 4 nitrogen and oxygen atoms in total. The van der Waals surface area contributed by atoms with E-state index in [1.165, 1.54) is 69.5 Å². The van der Waals surface area contributed by atoms with Crippen molar-refractivity contribution in [2.75, 3.05) is 26.2 Å². The van der Waals surface area contributed by atoms with Crippen LogP contribution in [0.3, 0.4) is 0 Å². The second-order valence-electron chi connectivity index (χ2n) is 6.40. The molecule has 4 heteroatoms. The third kappa shape index (κ3) is 2.91. The van der Waals surface area contributed by atoms with Gasteiger partial charge in [-0.25, -0.2) is 0 Å². The molecule has 20 heavy (non-hydrogen) atoms. The molecule has 1 N–H and O–H groups in total. The van der Waals surface area contributed by atoms with E-state index in [0.717, 1.165) is 5.92 Å². The summed E-state index contributed by atoms with van der Waals surface area (Å²) in [4.78, 5) is 2.57. The van der Waals surface area contributed by atoms with E-state index in [-0.39, 0.29) is 0 Å². The monoisotopic (exact) mass is 276 g/mol. The van der Waals surface area contributed by atoms with E-state index < -0.39 is 0 Å². The van der Waals surface area contributed by atoms with Gasteiger partial charge in [0.2, 0.25) is 0 Å². The lowest BCUT2D eigenvalue weighted by atomic mass is 9.91. The number of nitrogens with zero attached hydrogens (tertiary/aromatic N) is 3. The Morgan fingerprint density at radius 2 is 2.10 bits per heavy atom. The first-order valence-corrected chi connectivity index (χ1v) is 8.24. The first-order chi connectivity index (χ1) is 9.78. The molecular weight excluding hydrogens is 248 g/mol. The van der Waals surface area contributed by atoms with Crippen LogP contribution in [0, 0.1) is 5.92 Å². The molecule has 1 saturated heterocycles. The molecule has 2 aliphatic rings. The first kappa shape index (κ1) is 14.1. The van der Waals surface area contributed by atoms with Gasteiger partial charge in [0.05, 0.1) is 6.20 Å². The highest BCUT2D eigenvalue weighted by Gasteiger charge is 2.24. The number of aryl methyl sites for hydroxylation is 1. The van der Waals surface area contributed by atoms with Gasteiger partial charge in [-0.05, 0) is 64.2 Å². The van der Waals surface area contributed by atoms with Crippen LogP contribution in [0.25, 0.3) is 0 Å². The smallest absolute Gasteiger partial charge is 0.0540 e. The van der Waals surface area contributed by atoms with Crippen LogP contribution in [-0.2, 0) is 13.5 Å². The highest BCUT2D eigenvalue weighted by Crippen LogP contribution is 2.29. The van der Waals surface area contributed by atoms with Gasteiger partial charge >= 0.3 is 0 Å². The SMILES string of the molecule is CCN1CCC(CNC2CCCc3c2cnn3C)CC1. The van der Waals surface area contributed by atoms with Crippen molar-refractivity contribution in [1.29, 1.82) is 0 Å². The van der Waals surface area contributed by atoms with E-state index in [0.29, 0.717) is 6.04 Å². The molecule has 1 fully saturated rings. The van der Waals surface area contributed by atoms with Crippen LogP contribution in [-0.4, -0.2) is 40.9 Å². The van der Waals surface area contributed by atoms with E-state index >= 15 is 0 Å². The molecule has 0 radical (unpaired) electrons. The Bertz CT molecular complexity index is 432. The number of nitrogens with one attached hydrogen (secondary N) is 1. The predicted molar refractivity (Wildman–Crippen MR) is 81.7 cm³/mol. The van der Waals surface area contributed by atoms with Crippen LogP contribution in [0.4, 0.5) is 0 Å². The fourth-order valence-electron chi connectivity index (χ4n) is 3.73. The van der Waals surface area contributed by atoms with Gasteiger partial charge < -0.3 is 10.2 Å². The molecule has 1 aliphatic heterocycles. The molecule has 0 aromatic carbocycles. The number of fused-ring (bicyclic) bond motifs is 1. The van der Waals surface area contributed by atoms with Crippen molar-refractivity contribution in [3.63, 3.8) is 0 Å². The van der Waals surface area contributed by atoms with Gasteiger partial charge in [-0.3, -0.25) is 4.68 Å². The molecule has 1 aliphatic carbocycles. The van der Waals surface area contributed by atoms with Crippen LogP contribution < -0.4 is 5.32 Å². The Kier molecular flexibility index (Phi) is 4.41. The van der Waals surface area contributed by atoms with E-state index in [1.54, 1.807) is 0 Å². The average Bonchev–Trinajstić information content (AvgIpc) is 2.88. The van der Waals surface area contributed by atoms with Crippen molar-refractivity contribution in [2.24, 2.45) is 13.0 Å². The van der Waals surface area contributed by atoms with E-state index in [4.69, 9.17) is 0 Å². The van der Waals surface area contributed by atoms with E-state index in [9.17, 15) is 0 Å². The molecule has 0 saturated carbocycles. The summed E-state index contributed by atoms with van der Waals surface area (Å²) in [6.45, 7) is 7.22. The normalized spacial score (nSPS) is 24.8. The quantitative estimate of drug-likeness (QED) is 0.914. The largest absolute Gasteiger partial charge is 0.310 e. The molecular formula is C16H28N4. The molecule has 1 unspecified atom stereocenters. The minimum absolute atomic E-state index is 0.539. The number of piperidine rings is 1. The van der Waals surface area contributed by atoms with E-state index in [1.807, 2.05) is 0 Å². The molecule has 0 spiro atoms. The maximum absolute atomic E-state index is 4.43. The number of rotatable bonds is 4. The summed E-state index contributed by atoms with van der Waals surface area (Å²) in [6, 6.07) is 0.539. The molecule has 2 heterocycles. The molecule has 112 valence electrons. The summed E-state index contributed by atoms with van der Waals surface area (Å²) in [6.07, 6.45) is 8.54. The Hall–Kier alpha value is -0.870. The Balaban J connectivity index is 1.52. The number of hydrogen-bond acceptors (Lipinski definition) is 3. The van der Waals surface area contributed by atoms with Crippen LogP contribution >= 0.6 is 0 Å². The van der Waals surface area contributed by atoms with Crippen molar-refractivity contribution >= 4 is 0 Å². The average molecular weight is 276 g/mol. The lowest BCUT2D eigenvalue weighted by Crippen LogP contribution is -2.38. The summed E-state index contributed by atoms with van der Waals surface area (Å²) in [5, 5.41) is 8.26. The predicted octanol–water partition coefficient (Wildman–Crippen LogP) is 2.12. The zero-order valence-electron chi connectivity index (χ0n) is 12.9. The number of likely N-dealkylation sites (tertiary alicyclic amines) is 1. The highest BCUT2D eigenvalue weighted by atomic mass is 15.3. The minimum atomic E-state index is 0.539. The fourth-order valence-corrected chi connectivity index (χ4v) is 3.73. The van der Waals surface area contributed by atoms with E-state index in [2.05, 4.69) is 40.2 Å². The summed E-state index contributed by atoms with van der Waals surface area (Å²) in [5.41, 5.74) is 2.89. The molecule has 0 amide bonds. The first-order valence-electron chi connectivity index (χ1n) is 8.24. The second-order valence-corrected chi connectivity index (χ2v) is 6.40. The maximum atomic E-state index is 4.43. The van der Waals surface area contributed by atoms with Crippen LogP contribution in [0.1, 0.15) is 49.9 Å². The summed E-state index contributed by atoms with van der Waals surface area (Å²) in [7, 11) is 2.07. The zero-order chi connectivity index (χ0) is 13.9. The third-order valence-corrected chi connectivity index (χ3v) is 5.18. The third-order valence-electron chi connectivity index (χ3n) is 5.18. The van der Waals surface area contributed by atoms with Crippen molar-refractivity contribution < 1.29 is 0 Å². The molecule has 3 rings (SSSR count). The van der Waals surface area contributed by atoms with Gasteiger partial charge in [0, 0.05) is 24.3 Å². The van der Waals surface area contributed by atoms with Gasteiger partial charge in [-0.15, -0.1) is 0 Å². The molecule has 1 atom stereocenters. The molecule has 1 aromatic heterocycles. The lowest BCUT2D eigenvalue weighted by Gasteiger charge is -2.32. The maximum Gasteiger partial charge on any atom is 0.0540 e. The number of aromatic nitrogens is 2. The second kappa shape index (κ2) is 6.27. The molecule has 1 aromatic rings. The van der Waals surface area contributed by atoms with Crippen molar-refractivity contribution in [3.05, 3.63) is 17.5 Å².